The molecule has 0 radical (unpaired) electrons. The van der Waals surface area contributed by atoms with Crippen LogP contribution in [0.1, 0.15) is 24.5 Å². The Bertz CT molecular complexity index is 387. The predicted molar refractivity (Wildman–Crippen MR) is 58.6 cm³/mol. The monoisotopic (exact) mass is 223 g/mol. The molecule has 0 bridgehead atoms. The molecule has 0 saturated carbocycles. The third-order valence-electron chi connectivity index (χ3n) is 2.94. The zero-order valence-corrected chi connectivity index (χ0v) is 9.66. The largest absolute Gasteiger partial charge is 0.352 e. The van der Waals surface area contributed by atoms with Crippen molar-refractivity contribution >= 4 is 5.91 Å². The standard InChI is InChI=1S/C10H17N5O/c1-7-13-14-9(15(7)2)6-11-5-8-3-4-10(16)12-8/h8,11H,3-6H2,1-2H3,(H,12,16). The average molecular weight is 223 g/mol. The zero-order valence-electron chi connectivity index (χ0n) is 9.66. The van der Waals surface area contributed by atoms with Crippen molar-refractivity contribution in [3.63, 3.8) is 0 Å². The molecule has 1 amide bonds. The Morgan fingerprint density at radius 1 is 1.56 bits per heavy atom. The highest BCUT2D eigenvalue weighted by Gasteiger charge is 2.19. The molecule has 16 heavy (non-hydrogen) atoms. The highest BCUT2D eigenvalue weighted by atomic mass is 16.1. The van der Waals surface area contributed by atoms with Crippen LogP contribution >= 0.6 is 0 Å². The molecule has 6 heteroatoms. The lowest BCUT2D eigenvalue weighted by Crippen LogP contribution is -2.35. The summed E-state index contributed by atoms with van der Waals surface area (Å²) in [6, 6.07) is 0.266. The van der Waals surface area contributed by atoms with Crippen LogP contribution in [0, 0.1) is 6.92 Å². The fraction of sp³-hybridized carbons (Fsp3) is 0.700. The molecule has 1 unspecified atom stereocenters. The van der Waals surface area contributed by atoms with Gasteiger partial charge in [-0.3, -0.25) is 4.79 Å². The van der Waals surface area contributed by atoms with E-state index in [9.17, 15) is 4.79 Å². The van der Waals surface area contributed by atoms with E-state index in [1.165, 1.54) is 0 Å². The molecule has 1 aromatic heterocycles. The third-order valence-corrected chi connectivity index (χ3v) is 2.94. The van der Waals surface area contributed by atoms with Gasteiger partial charge in [-0.05, 0) is 13.3 Å². The van der Waals surface area contributed by atoms with Crippen molar-refractivity contribution < 1.29 is 4.79 Å². The smallest absolute Gasteiger partial charge is 0.220 e. The minimum Gasteiger partial charge on any atom is -0.352 e. The van der Waals surface area contributed by atoms with Gasteiger partial charge in [-0.25, -0.2) is 0 Å². The molecule has 0 spiro atoms. The fourth-order valence-corrected chi connectivity index (χ4v) is 1.79. The van der Waals surface area contributed by atoms with E-state index >= 15 is 0 Å². The van der Waals surface area contributed by atoms with Gasteiger partial charge in [-0.15, -0.1) is 10.2 Å². The van der Waals surface area contributed by atoms with Crippen LogP contribution in [0.25, 0.3) is 0 Å². The van der Waals surface area contributed by atoms with Crippen molar-refractivity contribution in [3.8, 4) is 0 Å². The number of rotatable bonds is 4. The van der Waals surface area contributed by atoms with Gasteiger partial charge < -0.3 is 15.2 Å². The van der Waals surface area contributed by atoms with Crippen LogP contribution in [-0.2, 0) is 18.4 Å². The Kier molecular flexibility index (Phi) is 3.19. The van der Waals surface area contributed by atoms with Crippen LogP contribution in [0.15, 0.2) is 0 Å². The molecule has 1 aliphatic heterocycles. The van der Waals surface area contributed by atoms with E-state index < -0.39 is 0 Å². The lowest BCUT2D eigenvalue weighted by Gasteiger charge is -2.10. The maximum absolute atomic E-state index is 11.0. The minimum atomic E-state index is 0.154. The first kappa shape index (κ1) is 11.1. The summed E-state index contributed by atoms with van der Waals surface area (Å²) in [6.07, 6.45) is 1.57. The molecule has 0 aliphatic carbocycles. The van der Waals surface area contributed by atoms with Crippen molar-refractivity contribution in [2.75, 3.05) is 6.54 Å². The molecule has 2 heterocycles. The lowest BCUT2D eigenvalue weighted by molar-refractivity contribution is -0.119. The molecule has 1 saturated heterocycles. The molecule has 1 aromatic rings. The first-order chi connectivity index (χ1) is 7.66. The normalized spacial score (nSPS) is 20.1. The number of carbonyl (C=O) groups excluding carboxylic acids is 1. The first-order valence-electron chi connectivity index (χ1n) is 5.52. The number of hydrogen-bond acceptors (Lipinski definition) is 4. The number of nitrogens with one attached hydrogen (secondary N) is 2. The Balaban J connectivity index is 1.76. The molecular formula is C10H17N5O. The Morgan fingerprint density at radius 2 is 2.38 bits per heavy atom. The van der Waals surface area contributed by atoms with Crippen LogP contribution in [0.5, 0.6) is 0 Å². The number of amides is 1. The zero-order chi connectivity index (χ0) is 11.5. The lowest BCUT2D eigenvalue weighted by atomic mass is 10.2. The van der Waals surface area contributed by atoms with Crippen LogP contribution in [0.4, 0.5) is 0 Å². The summed E-state index contributed by atoms with van der Waals surface area (Å²) in [4.78, 5) is 11.0. The van der Waals surface area contributed by atoms with E-state index in [-0.39, 0.29) is 11.9 Å². The molecule has 6 nitrogen and oxygen atoms in total. The van der Waals surface area contributed by atoms with Gasteiger partial charge >= 0.3 is 0 Å². The highest BCUT2D eigenvalue weighted by molar-refractivity contribution is 5.78. The summed E-state index contributed by atoms with van der Waals surface area (Å²) in [5.74, 6) is 1.98. The van der Waals surface area contributed by atoms with Crippen LogP contribution in [0.3, 0.4) is 0 Å². The van der Waals surface area contributed by atoms with Gasteiger partial charge in [0.15, 0.2) is 0 Å². The van der Waals surface area contributed by atoms with E-state index in [1.807, 2.05) is 18.5 Å². The summed E-state index contributed by atoms with van der Waals surface area (Å²) in [7, 11) is 1.95. The van der Waals surface area contributed by atoms with E-state index in [1.54, 1.807) is 0 Å². The second-order valence-corrected chi connectivity index (χ2v) is 4.16. The van der Waals surface area contributed by atoms with Gasteiger partial charge in [0.1, 0.15) is 11.6 Å². The van der Waals surface area contributed by atoms with Crippen molar-refractivity contribution in [1.82, 2.24) is 25.4 Å². The van der Waals surface area contributed by atoms with E-state index in [2.05, 4.69) is 20.8 Å². The second-order valence-electron chi connectivity index (χ2n) is 4.16. The Labute approximate surface area is 94.4 Å². The predicted octanol–water partition coefficient (Wildman–Crippen LogP) is -0.508. The molecule has 88 valence electrons. The van der Waals surface area contributed by atoms with Gasteiger partial charge in [0.25, 0.3) is 0 Å². The van der Waals surface area contributed by atoms with E-state index in [0.717, 1.165) is 24.6 Å². The molecular weight excluding hydrogens is 206 g/mol. The molecule has 0 aromatic carbocycles. The molecule has 1 atom stereocenters. The van der Waals surface area contributed by atoms with Crippen molar-refractivity contribution in [1.29, 1.82) is 0 Å². The maximum atomic E-state index is 11.0. The van der Waals surface area contributed by atoms with Gasteiger partial charge in [0, 0.05) is 26.1 Å². The summed E-state index contributed by atoms with van der Waals surface area (Å²) in [5, 5.41) is 14.2. The number of nitrogens with zero attached hydrogens (tertiary/aromatic N) is 3. The second kappa shape index (κ2) is 4.61. The summed E-state index contributed by atoms with van der Waals surface area (Å²) >= 11 is 0. The minimum absolute atomic E-state index is 0.154. The Hall–Kier alpha value is -1.43. The van der Waals surface area contributed by atoms with Crippen LogP contribution in [-0.4, -0.2) is 33.3 Å². The van der Waals surface area contributed by atoms with Crippen molar-refractivity contribution in [2.45, 2.75) is 32.4 Å². The molecule has 2 N–H and O–H groups in total. The molecule has 1 aliphatic rings. The Morgan fingerprint density at radius 3 is 2.94 bits per heavy atom. The first-order valence-corrected chi connectivity index (χ1v) is 5.52. The van der Waals surface area contributed by atoms with Gasteiger partial charge in [-0.2, -0.15) is 0 Å². The fourth-order valence-electron chi connectivity index (χ4n) is 1.79. The van der Waals surface area contributed by atoms with Gasteiger partial charge in [-0.1, -0.05) is 0 Å². The van der Waals surface area contributed by atoms with E-state index in [4.69, 9.17) is 0 Å². The van der Waals surface area contributed by atoms with Gasteiger partial charge in [0.2, 0.25) is 5.91 Å². The number of carbonyl (C=O) groups is 1. The topological polar surface area (TPSA) is 71.8 Å². The van der Waals surface area contributed by atoms with Crippen LogP contribution in [0.2, 0.25) is 0 Å². The highest BCUT2D eigenvalue weighted by Crippen LogP contribution is 2.05. The molecule has 2 rings (SSSR count). The van der Waals surface area contributed by atoms with E-state index in [0.29, 0.717) is 13.0 Å². The number of aromatic nitrogens is 3. The average Bonchev–Trinajstić information content (AvgIpc) is 2.79. The SMILES string of the molecule is Cc1nnc(CNCC2CCC(=O)N2)n1C. The number of hydrogen-bond donors (Lipinski definition) is 2. The third kappa shape index (κ3) is 2.38. The quantitative estimate of drug-likeness (QED) is 0.721. The maximum Gasteiger partial charge on any atom is 0.220 e. The summed E-state index contributed by atoms with van der Waals surface area (Å²) in [6.45, 7) is 3.40. The summed E-state index contributed by atoms with van der Waals surface area (Å²) < 4.78 is 1.96. The summed E-state index contributed by atoms with van der Waals surface area (Å²) in [5.41, 5.74) is 0. The van der Waals surface area contributed by atoms with Crippen molar-refractivity contribution in [3.05, 3.63) is 11.6 Å². The number of aryl methyl sites for hydroxylation is 1. The van der Waals surface area contributed by atoms with Crippen LogP contribution < -0.4 is 10.6 Å². The van der Waals surface area contributed by atoms with Gasteiger partial charge in [0.05, 0.1) is 6.54 Å². The van der Waals surface area contributed by atoms with Crippen molar-refractivity contribution in [2.24, 2.45) is 7.05 Å². The molecule has 1 fully saturated rings.